The smallest absolute Gasteiger partial charge is 0.235 e. The van der Waals surface area contributed by atoms with Crippen LogP contribution in [-0.4, -0.2) is 37.7 Å². The second-order valence-electron chi connectivity index (χ2n) is 5.35. The second-order valence-corrected chi connectivity index (χ2v) is 7.46. The first-order valence-electron chi connectivity index (χ1n) is 6.05. The summed E-state index contributed by atoms with van der Waals surface area (Å²) in [4.78, 5) is 22.9. The summed E-state index contributed by atoms with van der Waals surface area (Å²) < 4.78 is 23.3. The molecular formula is C12H23NO4S. The maximum absolute atomic E-state index is 11.6. The van der Waals surface area contributed by atoms with E-state index in [0.29, 0.717) is 0 Å². The lowest BCUT2D eigenvalue weighted by Gasteiger charge is -2.19. The molecule has 0 aliphatic carbocycles. The van der Waals surface area contributed by atoms with Crippen LogP contribution >= 0.6 is 0 Å². The highest BCUT2D eigenvalue weighted by molar-refractivity contribution is 7.92. The number of ketones is 1. The van der Waals surface area contributed by atoms with Gasteiger partial charge in [-0.15, -0.1) is 0 Å². The van der Waals surface area contributed by atoms with E-state index in [4.69, 9.17) is 0 Å². The third-order valence-corrected chi connectivity index (χ3v) is 4.24. The number of Topliss-reactive ketones (excluding diaryl/α,β-unsaturated/α-hetero) is 1. The van der Waals surface area contributed by atoms with E-state index in [1.807, 2.05) is 0 Å². The zero-order valence-electron chi connectivity index (χ0n) is 11.7. The number of nitrogens with one attached hydrogen (secondary N) is 1. The second kappa shape index (κ2) is 6.87. The third kappa shape index (κ3) is 6.74. The number of hydrogen-bond donors (Lipinski definition) is 1. The largest absolute Gasteiger partial charge is 0.345 e. The molecule has 0 radical (unpaired) electrons. The quantitative estimate of drug-likeness (QED) is 0.746. The van der Waals surface area contributed by atoms with E-state index in [-0.39, 0.29) is 23.4 Å². The summed E-state index contributed by atoms with van der Waals surface area (Å²) in [5, 5.41) is 2.48. The lowest BCUT2D eigenvalue weighted by Crippen LogP contribution is -2.45. The zero-order valence-corrected chi connectivity index (χ0v) is 12.5. The average Bonchev–Trinajstić information content (AvgIpc) is 2.09. The Morgan fingerprint density at radius 3 is 1.94 bits per heavy atom. The Bertz CT molecular complexity index is 398. The fourth-order valence-corrected chi connectivity index (χ4v) is 3.34. The fraction of sp³-hybridized carbons (Fsp3) is 0.833. The summed E-state index contributed by atoms with van der Waals surface area (Å²) in [7, 11) is -3.40. The first-order chi connectivity index (χ1) is 8.05. The first kappa shape index (κ1) is 17.1. The van der Waals surface area contributed by atoms with Crippen molar-refractivity contribution in [1.29, 1.82) is 0 Å². The summed E-state index contributed by atoms with van der Waals surface area (Å²) >= 11 is 0. The number of carbonyl (C=O) groups is 2. The minimum atomic E-state index is -3.40. The van der Waals surface area contributed by atoms with Crippen molar-refractivity contribution >= 4 is 21.5 Å². The van der Waals surface area contributed by atoms with Crippen LogP contribution in [0.4, 0.5) is 0 Å². The molecule has 0 aromatic rings. The van der Waals surface area contributed by atoms with Crippen molar-refractivity contribution in [2.75, 3.05) is 11.5 Å². The summed E-state index contributed by atoms with van der Waals surface area (Å²) in [5.41, 5.74) is 0. The van der Waals surface area contributed by atoms with Gasteiger partial charge in [-0.3, -0.25) is 9.59 Å². The first-order valence-corrected chi connectivity index (χ1v) is 7.87. The van der Waals surface area contributed by atoms with Crippen molar-refractivity contribution in [3.05, 3.63) is 0 Å². The fourth-order valence-electron chi connectivity index (χ4n) is 1.72. The molecule has 0 aromatic heterocycles. The molecule has 0 heterocycles. The van der Waals surface area contributed by atoms with Crippen LogP contribution in [0.5, 0.6) is 0 Å². The Hall–Kier alpha value is -0.910. The van der Waals surface area contributed by atoms with Crippen LogP contribution in [0.25, 0.3) is 0 Å². The topological polar surface area (TPSA) is 80.3 Å². The van der Waals surface area contributed by atoms with E-state index in [9.17, 15) is 18.0 Å². The van der Waals surface area contributed by atoms with E-state index >= 15 is 0 Å². The molecular weight excluding hydrogens is 254 g/mol. The lowest BCUT2D eigenvalue weighted by atomic mass is 10.0. The Labute approximate surface area is 109 Å². The molecule has 6 heteroatoms. The third-order valence-electron chi connectivity index (χ3n) is 2.36. The van der Waals surface area contributed by atoms with Gasteiger partial charge in [0, 0.05) is 0 Å². The molecule has 1 N–H and O–H groups in total. The molecule has 0 aromatic carbocycles. The van der Waals surface area contributed by atoms with Gasteiger partial charge in [0.2, 0.25) is 5.91 Å². The molecule has 0 aliphatic rings. The molecule has 0 saturated heterocycles. The maximum Gasteiger partial charge on any atom is 0.235 e. The molecule has 0 fully saturated rings. The van der Waals surface area contributed by atoms with Crippen molar-refractivity contribution in [2.45, 2.75) is 40.7 Å². The molecule has 0 bridgehead atoms. The number of rotatable bonds is 7. The van der Waals surface area contributed by atoms with Gasteiger partial charge in [0.15, 0.2) is 15.6 Å². The van der Waals surface area contributed by atoms with Gasteiger partial charge in [0.05, 0.1) is 11.8 Å². The summed E-state index contributed by atoms with van der Waals surface area (Å²) in [6.07, 6.45) is 0. The summed E-state index contributed by atoms with van der Waals surface area (Å²) in [5.74, 6) is -1.42. The minimum Gasteiger partial charge on any atom is -0.345 e. The zero-order chi connectivity index (χ0) is 14.5. The van der Waals surface area contributed by atoms with Crippen molar-refractivity contribution in [2.24, 2.45) is 11.8 Å². The molecule has 1 unspecified atom stereocenters. The van der Waals surface area contributed by atoms with Gasteiger partial charge in [-0.1, -0.05) is 27.7 Å². The van der Waals surface area contributed by atoms with Crippen LogP contribution in [0.15, 0.2) is 0 Å². The molecule has 1 amide bonds. The minimum absolute atomic E-state index is 0.0171. The van der Waals surface area contributed by atoms with Crippen LogP contribution in [0.3, 0.4) is 0 Å². The van der Waals surface area contributed by atoms with Gasteiger partial charge in [0.1, 0.15) is 5.75 Å². The van der Waals surface area contributed by atoms with Crippen LogP contribution in [0, 0.1) is 11.8 Å². The van der Waals surface area contributed by atoms with Gasteiger partial charge < -0.3 is 5.32 Å². The Morgan fingerprint density at radius 1 is 1.11 bits per heavy atom. The molecule has 0 aliphatic heterocycles. The van der Waals surface area contributed by atoms with Crippen molar-refractivity contribution in [1.82, 2.24) is 5.32 Å². The molecule has 0 saturated carbocycles. The molecule has 1 atom stereocenters. The number of carbonyl (C=O) groups excluding carboxylic acids is 2. The van der Waals surface area contributed by atoms with E-state index in [1.54, 1.807) is 27.7 Å². The maximum atomic E-state index is 11.6. The summed E-state index contributed by atoms with van der Waals surface area (Å²) in [6.45, 7) is 8.54. The van der Waals surface area contributed by atoms with E-state index in [0.717, 1.165) is 0 Å². The molecule has 106 valence electrons. The van der Waals surface area contributed by atoms with Crippen molar-refractivity contribution < 1.29 is 18.0 Å². The van der Waals surface area contributed by atoms with E-state index in [2.05, 4.69) is 5.32 Å². The molecule has 5 nitrogen and oxygen atoms in total. The number of amides is 1. The standard InChI is InChI=1S/C12H23NO4S/c1-8(2)6-18(16,17)7-11(15)13-12(9(3)4)10(5)14/h8-9,12H,6-7H2,1-5H3,(H,13,15). The van der Waals surface area contributed by atoms with Gasteiger partial charge in [0.25, 0.3) is 0 Å². The molecule has 0 spiro atoms. The highest BCUT2D eigenvalue weighted by Crippen LogP contribution is 2.04. The van der Waals surface area contributed by atoms with Crippen molar-refractivity contribution in [3.63, 3.8) is 0 Å². The molecule has 0 rings (SSSR count). The predicted molar refractivity (Wildman–Crippen MR) is 70.9 cm³/mol. The van der Waals surface area contributed by atoms with Gasteiger partial charge in [-0.05, 0) is 18.8 Å². The number of sulfone groups is 1. The highest BCUT2D eigenvalue weighted by atomic mass is 32.2. The van der Waals surface area contributed by atoms with Crippen LogP contribution in [0.2, 0.25) is 0 Å². The monoisotopic (exact) mass is 277 g/mol. The predicted octanol–water partition coefficient (Wildman–Crippen LogP) is 0.787. The van der Waals surface area contributed by atoms with Crippen LogP contribution < -0.4 is 5.32 Å². The lowest BCUT2D eigenvalue weighted by molar-refractivity contribution is -0.126. The van der Waals surface area contributed by atoms with Gasteiger partial charge in [-0.2, -0.15) is 0 Å². The normalized spacial score (nSPS) is 13.7. The number of hydrogen-bond acceptors (Lipinski definition) is 4. The Morgan fingerprint density at radius 2 is 1.61 bits per heavy atom. The highest BCUT2D eigenvalue weighted by Gasteiger charge is 2.24. The Balaban J connectivity index is 4.56. The Kier molecular flexibility index (Phi) is 6.52. The van der Waals surface area contributed by atoms with Gasteiger partial charge in [-0.25, -0.2) is 8.42 Å². The molecule has 18 heavy (non-hydrogen) atoms. The van der Waals surface area contributed by atoms with E-state index in [1.165, 1.54) is 6.92 Å². The van der Waals surface area contributed by atoms with Crippen LogP contribution in [0.1, 0.15) is 34.6 Å². The SMILES string of the molecule is CC(=O)C(NC(=O)CS(=O)(=O)CC(C)C)C(C)C. The van der Waals surface area contributed by atoms with Crippen molar-refractivity contribution in [3.8, 4) is 0 Å². The van der Waals surface area contributed by atoms with Gasteiger partial charge >= 0.3 is 0 Å². The average molecular weight is 277 g/mol. The van der Waals surface area contributed by atoms with E-state index < -0.39 is 27.5 Å². The van der Waals surface area contributed by atoms with Crippen LogP contribution in [-0.2, 0) is 19.4 Å². The summed E-state index contributed by atoms with van der Waals surface area (Å²) in [6, 6.07) is -0.619.